The number of hydrogen-bond acceptors (Lipinski definition) is 4. The molecule has 0 bridgehead atoms. The van der Waals surface area contributed by atoms with Crippen LogP contribution in [0.3, 0.4) is 0 Å². The molecule has 2 aromatic carbocycles. The Balaban J connectivity index is 1.35. The average Bonchev–Trinajstić information content (AvgIpc) is 2.93. The highest BCUT2D eigenvalue weighted by Gasteiger charge is 2.49. The maximum Gasteiger partial charge on any atom is 0.234 e. The quantitative estimate of drug-likeness (QED) is 0.659. The number of nitrogens with zero attached hydrogens (tertiary/aromatic N) is 1. The molecule has 0 spiro atoms. The summed E-state index contributed by atoms with van der Waals surface area (Å²) >= 11 is 3.40. The molecule has 1 aliphatic heterocycles. The van der Waals surface area contributed by atoms with E-state index in [0.717, 1.165) is 40.9 Å². The molecule has 2 aliphatic rings. The van der Waals surface area contributed by atoms with Crippen molar-refractivity contribution < 1.29 is 14.3 Å². The second-order valence-corrected chi connectivity index (χ2v) is 8.57. The zero-order valence-corrected chi connectivity index (χ0v) is 17.3. The van der Waals surface area contributed by atoms with Crippen molar-refractivity contribution in [2.75, 3.05) is 12.0 Å². The van der Waals surface area contributed by atoms with Gasteiger partial charge in [-0.25, -0.2) is 0 Å². The molecular weight excluding hydrogens is 420 g/mol. The van der Waals surface area contributed by atoms with Gasteiger partial charge in [-0.05, 0) is 73.7 Å². The van der Waals surface area contributed by atoms with Crippen molar-refractivity contribution in [2.45, 2.75) is 26.2 Å². The Hall–Kier alpha value is -2.34. The van der Waals surface area contributed by atoms with E-state index in [0.29, 0.717) is 5.92 Å². The van der Waals surface area contributed by atoms with Gasteiger partial charge >= 0.3 is 0 Å². The second kappa shape index (κ2) is 7.95. The lowest BCUT2D eigenvalue weighted by Crippen LogP contribution is -2.35. The molecule has 1 aliphatic carbocycles. The summed E-state index contributed by atoms with van der Waals surface area (Å²) in [5.74, 6) is 1.71. The third-order valence-electron chi connectivity index (χ3n) is 5.62. The molecule has 146 valence electrons. The van der Waals surface area contributed by atoms with Crippen LogP contribution in [0.1, 0.15) is 26.2 Å². The Kier molecular flexibility index (Phi) is 5.40. The van der Waals surface area contributed by atoms with Gasteiger partial charge < -0.3 is 10.1 Å². The highest BCUT2D eigenvalue weighted by atomic mass is 79.9. The fraction of sp³-hybridized carbons (Fsp3) is 0.364. The van der Waals surface area contributed by atoms with E-state index in [1.807, 2.05) is 48.5 Å². The van der Waals surface area contributed by atoms with Gasteiger partial charge in [-0.15, -0.1) is 0 Å². The number of benzene rings is 2. The number of amides is 2. The van der Waals surface area contributed by atoms with Crippen LogP contribution in [0.5, 0.6) is 11.5 Å². The van der Waals surface area contributed by atoms with E-state index in [-0.39, 0.29) is 30.3 Å². The van der Waals surface area contributed by atoms with Gasteiger partial charge in [0.15, 0.2) is 0 Å². The number of halogens is 1. The van der Waals surface area contributed by atoms with Crippen LogP contribution in [-0.4, -0.2) is 23.4 Å². The van der Waals surface area contributed by atoms with Crippen molar-refractivity contribution >= 4 is 33.4 Å². The predicted molar refractivity (Wildman–Crippen MR) is 111 cm³/mol. The van der Waals surface area contributed by atoms with Gasteiger partial charge in [0.1, 0.15) is 11.5 Å². The minimum absolute atomic E-state index is 0.0235. The number of likely N-dealkylation sites (tertiary alicyclic amines) is 1. The first-order valence-corrected chi connectivity index (χ1v) is 10.4. The van der Waals surface area contributed by atoms with Crippen LogP contribution in [-0.2, 0) is 9.59 Å². The van der Waals surface area contributed by atoms with Gasteiger partial charge in [-0.3, -0.25) is 14.5 Å². The summed E-state index contributed by atoms with van der Waals surface area (Å²) in [6, 6.07) is 15.1. The number of carbonyl (C=O) groups excluding carboxylic acids is 2. The van der Waals surface area contributed by atoms with Gasteiger partial charge in [0.2, 0.25) is 11.8 Å². The lowest BCUT2D eigenvalue weighted by molar-refractivity contribution is -0.139. The third kappa shape index (κ3) is 3.92. The summed E-state index contributed by atoms with van der Waals surface area (Å²) in [4.78, 5) is 26.6. The molecule has 4 rings (SSSR count). The molecule has 0 aromatic heterocycles. The van der Waals surface area contributed by atoms with Crippen molar-refractivity contribution in [2.24, 2.45) is 17.8 Å². The van der Waals surface area contributed by atoms with E-state index in [1.54, 1.807) is 0 Å². The smallest absolute Gasteiger partial charge is 0.234 e. The molecule has 3 atom stereocenters. The Morgan fingerprint density at radius 1 is 0.964 bits per heavy atom. The maximum absolute atomic E-state index is 12.6. The van der Waals surface area contributed by atoms with Gasteiger partial charge in [-0.2, -0.15) is 0 Å². The summed E-state index contributed by atoms with van der Waals surface area (Å²) in [5.41, 5.74) is 0.840. The zero-order valence-electron chi connectivity index (χ0n) is 15.7. The molecule has 0 radical (unpaired) electrons. The van der Waals surface area contributed by atoms with Crippen LogP contribution in [0, 0.1) is 17.8 Å². The van der Waals surface area contributed by atoms with Gasteiger partial charge in [0.05, 0.1) is 18.5 Å². The molecular formula is C22H23BrN2O3. The fourth-order valence-corrected chi connectivity index (χ4v) is 4.33. The zero-order chi connectivity index (χ0) is 19.7. The van der Waals surface area contributed by atoms with Crippen LogP contribution in [0.15, 0.2) is 53.0 Å². The Morgan fingerprint density at radius 2 is 1.57 bits per heavy atom. The van der Waals surface area contributed by atoms with Crippen molar-refractivity contribution in [3.05, 3.63) is 53.0 Å². The molecule has 28 heavy (non-hydrogen) atoms. The Bertz CT molecular complexity index is 866. The van der Waals surface area contributed by atoms with Crippen molar-refractivity contribution in [1.29, 1.82) is 0 Å². The largest absolute Gasteiger partial charge is 0.457 e. The molecule has 2 aromatic rings. The van der Waals surface area contributed by atoms with Crippen molar-refractivity contribution in [1.82, 2.24) is 4.90 Å². The minimum atomic E-state index is -0.125. The van der Waals surface area contributed by atoms with Crippen LogP contribution in [0.2, 0.25) is 0 Å². The number of imide groups is 1. The van der Waals surface area contributed by atoms with Crippen LogP contribution < -0.4 is 10.1 Å². The van der Waals surface area contributed by atoms with Crippen LogP contribution >= 0.6 is 15.9 Å². The number of ether oxygens (including phenoxy) is 1. The summed E-state index contributed by atoms with van der Waals surface area (Å²) in [7, 11) is 0. The summed E-state index contributed by atoms with van der Waals surface area (Å²) in [5, 5.41) is 3.19. The number of nitrogens with one attached hydrogen (secondary N) is 1. The fourth-order valence-electron chi connectivity index (χ4n) is 4.06. The summed E-state index contributed by atoms with van der Waals surface area (Å²) in [6.07, 6.45) is 2.68. The van der Waals surface area contributed by atoms with Crippen LogP contribution in [0.25, 0.3) is 0 Å². The van der Waals surface area contributed by atoms with Gasteiger partial charge in [0.25, 0.3) is 0 Å². The van der Waals surface area contributed by atoms with E-state index in [2.05, 4.69) is 28.2 Å². The molecule has 2 fully saturated rings. The number of rotatable bonds is 5. The monoisotopic (exact) mass is 442 g/mol. The topological polar surface area (TPSA) is 58.6 Å². The van der Waals surface area contributed by atoms with E-state index in [4.69, 9.17) is 4.74 Å². The van der Waals surface area contributed by atoms with Crippen molar-refractivity contribution in [3.63, 3.8) is 0 Å². The van der Waals surface area contributed by atoms with Gasteiger partial charge in [-0.1, -0.05) is 22.9 Å². The molecule has 2 amide bonds. The average molecular weight is 443 g/mol. The minimum Gasteiger partial charge on any atom is -0.457 e. The lowest BCUT2D eigenvalue weighted by Gasteiger charge is -2.25. The van der Waals surface area contributed by atoms with E-state index in [1.165, 1.54) is 4.90 Å². The molecule has 1 saturated carbocycles. The van der Waals surface area contributed by atoms with E-state index < -0.39 is 0 Å². The SMILES string of the molecule is C[C@H]1CC[C@@H]2C(=O)N(CNc3ccc(Oc4ccc(Br)cc4)cc3)C(=O)[C@@H]2C1. The molecule has 0 unspecified atom stereocenters. The Labute approximate surface area is 173 Å². The summed E-state index contributed by atoms with van der Waals surface area (Å²) < 4.78 is 6.81. The number of fused-ring (bicyclic) bond motifs is 1. The van der Waals surface area contributed by atoms with Crippen LogP contribution in [0.4, 0.5) is 5.69 Å². The lowest BCUT2D eigenvalue weighted by atomic mass is 9.76. The summed E-state index contributed by atoms with van der Waals surface area (Å²) in [6.45, 7) is 2.37. The molecule has 1 heterocycles. The number of hydrogen-bond donors (Lipinski definition) is 1. The molecule has 6 heteroatoms. The standard InChI is InChI=1S/C22H23BrN2O3/c1-14-2-11-19-20(12-14)22(27)25(21(19)26)13-24-16-5-9-18(10-6-16)28-17-7-3-15(23)4-8-17/h3-10,14,19-20,24H,2,11-13H2,1H3/t14-,19-,20+/m0/s1. The number of anilines is 1. The first-order valence-electron chi connectivity index (χ1n) is 9.64. The normalized spacial score (nSPS) is 24.2. The maximum atomic E-state index is 12.6. The first kappa shape index (κ1) is 19.0. The predicted octanol–water partition coefficient (Wildman–Crippen LogP) is 5.03. The highest BCUT2D eigenvalue weighted by molar-refractivity contribution is 9.10. The van der Waals surface area contributed by atoms with Crippen molar-refractivity contribution in [3.8, 4) is 11.5 Å². The highest BCUT2D eigenvalue weighted by Crippen LogP contribution is 2.40. The molecule has 5 nitrogen and oxygen atoms in total. The Morgan fingerprint density at radius 3 is 2.25 bits per heavy atom. The first-order chi connectivity index (χ1) is 13.5. The second-order valence-electron chi connectivity index (χ2n) is 7.65. The number of carbonyl (C=O) groups is 2. The van der Waals surface area contributed by atoms with Gasteiger partial charge in [0, 0.05) is 10.2 Å². The third-order valence-corrected chi connectivity index (χ3v) is 6.15. The molecule has 1 saturated heterocycles. The molecule has 1 N–H and O–H groups in total. The van der Waals surface area contributed by atoms with E-state index in [9.17, 15) is 9.59 Å². The van der Waals surface area contributed by atoms with E-state index >= 15 is 0 Å².